The average Bonchev–Trinajstić information content (AvgIpc) is 3.04. The Kier molecular flexibility index (Phi) is 2.97. The SMILES string of the molecule is NC(=O)c1csc(CNc2ccc3[nH]ccc3c2)c1. The number of fused-ring (bicyclic) bond motifs is 1. The molecule has 3 aromatic rings. The Balaban J connectivity index is 1.72. The van der Waals surface area contributed by atoms with Gasteiger partial charge in [-0.3, -0.25) is 4.79 Å². The van der Waals surface area contributed by atoms with Crippen molar-refractivity contribution in [1.82, 2.24) is 4.98 Å². The minimum Gasteiger partial charge on any atom is -0.380 e. The molecule has 1 amide bonds. The Hall–Kier alpha value is -2.27. The quantitative estimate of drug-likeness (QED) is 0.682. The number of hydrogen-bond acceptors (Lipinski definition) is 3. The summed E-state index contributed by atoms with van der Waals surface area (Å²) in [7, 11) is 0. The minimum absolute atomic E-state index is 0.378. The summed E-state index contributed by atoms with van der Waals surface area (Å²) in [6.45, 7) is 0.688. The Labute approximate surface area is 114 Å². The molecule has 4 nitrogen and oxygen atoms in total. The summed E-state index contributed by atoms with van der Waals surface area (Å²) in [6.07, 6.45) is 1.92. The molecular weight excluding hydrogens is 258 g/mol. The van der Waals surface area contributed by atoms with Crippen molar-refractivity contribution >= 4 is 33.8 Å². The number of amides is 1. The van der Waals surface area contributed by atoms with Crippen LogP contribution in [0.5, 0.6) is 0 Å². The second-order valence-corrected chi connectivity index (χ2v) is 5.29. The molecule has 0 unspecified atom stereocenters. The average molecular weight is 271 g/mol. The van der Waals surface area contributed by atoms with E-state index in [9.17, 15) is 4.79 Å². The topological polar surface area (TPSA) is 70.9 Å². The molecule has 1 aromatic carbocycles. The number of rotatable bonds is 4. The highest BCUT2D eigenvalue weighted by Crippen LogP contribution is 2.20. The van der Waals surface area contributed by atoms with Crippen LogP contribution in [0.15, 0.2) is 41.9 Å². The Morgan fingerprint density at radius 1 is 1.32 bits per heavy atom. The van der Waals surface area contributed by atoms with Crippen molar-refractivity contribution in [3.63, 3.8) is 0 Å². The van der Waals surface area contributed by atoms with Crippen LogP contribution in [0.3, 0.4) is 0 Å². The lowest BCUT2D eigenvalue weighted by atomic mass is 10.2. The van der Waals surface area contributed by atoms with Gasteiger partial charge in [0.05, 0.1) is 5.56 Å². The number of aromatic nitrogens is 1. The summed E-state index contributed by atoms with van der Waals surface area (Å²) < 4.78 is 0. The van der Waals surface area contributed by atoms with Gasteiger partial charge in [-0.05, 0) is 30.3 Å². The molecular formula is C14H13N3OS. The second kappa shape index (κ2) is 4.78. The number of hydrogen-bond donors (Lipinski definition) is 3. The summed E-state index contributed by atoms with van der Waals surface area (Å²) >= 11 is 1.53. The first kappa shape index (κ1) is 11.8. The predicted molar refractivity (Wildman–Crippen MR) is 78.5 cm³/mol. The second-order valence-electron chi connectivity index (χ2n) is 4.30. The van der Waals surface area contributed by atoms with Crippen molar-refractivity contribution in [2.45, 2.75) is 6.54 Å². The molecule has 0 fully saturated rings. The fourth-order valence-corrected chi connectivity index (χ4v) is 2.77. The number of anilines is 1. The van der Waals surface area contributed by atoms with Crippen LogP contribution in [0, 0.1) is 0 Å². The predicted octanol–water partition coefficient (Wildman–Crippen LogP) is 2.94. The summed E-state index contributed by atoms with van der Waals surface area (Å²) in [4.78, 5) is 15.3. The van der Waals surface area contributed by atoms with Gasteiger partial charge in [-0.15, -0.1) is 11.3 Å². The zero-order valence-corrected chi connectivity index (χ0v) is 11.0. The molecule has 0 aliphatic heterocycles. The normalized spacial score (nSPS) is 10.7. The molecule has 0 aliphatic rings. The van der Waals surface area contributed by atoms with E-state index in [1.807, 2.05) is 30.5 Å². The minimum atomic E-state index is -0.378. The van der Waals surface area contributed by atoms with E-state index in [2.05, 4.69) is 16.4 Å². The van der Waals surface area contributed by atoms with Gasteiger partial charge < -0.3 is 16.0 Å². The highest BCUT2D eigenvalue weighted by atomic mass is 32.1. The lowest BCUT2D eigenvalue weighted by Gasteiger charge is -2.04. The molecule has 2 aromatic heterocycles. The standard InChI is InChI=1S/C14H13N3OS/c15-14(18)10-6-12(19-8-10)7-17-11-1-2-13-9(5-11)3-4-16-13/h1-6,8,16-17H,7H2,(H2,15,18). The smallest absolute Gasteiger partial charge is 0.249 e. The molecule has 96 valence electrons. The maximum absolute atomic E-state index is 11.0. The highest BCUT2D eigenvalue weighted by Gasteiger charge is 2.04. The molecule has 0 saturated carbocycles. The zero-order valence-electron chi connectivity index (χ0n) is 10.1. The van der Waals surface area contributed by atoms with Crippen LogP contribution < -0.4 is 11.1 Å². The van der Waals surface area contributed by atoms with E-state index in [0.29, 0.717) is 12.1 Å². The zero-order chi connectivity index (χ0) is 13.2. The molecule has 0 bridgehead atoms. The highest BCUT2D eigenvalue weighted by molar-refractivity contribution is 7.10. The first-order valence-corrected chi connectivity index (χ1v) is 6.78. The van der Waals surface area contributed by atoms with Crippen molar-refractivity contribution in [3.8, 4) is 0 Å². The van der Waals surface area contributed by atoms with E-state index in [0.717, 1.165) is 16.1 Å². The summed E-state index contributed by atoms with van der Waals surface area (Å²) in [5, 5.41) is 6.30. The van der Waals surface area contributed by atoms with Gasteiger partial charge in [0.2, 0.25) is 5.91 Å². The number of aromatic amines is 1. The number of H-pyrrole nitrogens is 1. The van der Waals surface area contributed by atoms with E-state index in [-0.39, 0.29) is 5.91 Å². The largest absolute Gasteiger partial charge is 0.380 e. The third-order valence-electron chi connectivity index (χ3n) is 2.96. The number of carbonyl (C=O) groups is 1. The van der Waals surface area contributed by atoms with Gasteiger partial charge >= 0.3 is 0 Å². The number of primary amides is 1. The number of thiophene rings is 1. The van der Waals surface area contributed by atoms with Crippen molar-refractivity contribution in [2.24, 2.45) is 5.73 Å². The lowest BCUT2D eigenvalue weighted by molar-refractivity contribution is 0.100. The van der Waals surface area contributed by atoms with E-state index < -0.39 is 0 Å². The first-order chi connectivity index (χ1) is 9.22. The van der Waals surface area contributed by atoms with Gasteiger partial charge in [-0.25, -0.2) is 0 Å². The van der Waals surface area contributed by atoms with E-state index in [1.54, 1.807) is 5.38 Å². The van der Waals surface area contributed by atoms with Crippen LogP contribution in [0.4, 0.5) is 5.69 Å². The van der Waals surface area contributed by atoms with Crippen molar-refractivity contribution in [1.29, 1.82) is 0 Å². The molecule has 0 spiro atoms. The van der Waals surface area contributed by atoms with Gasteiger partial charge in [0.1, 0.15) is 0 Å². The van der Waals surface area contributed by atoms with Crippen molar-refractivity contribution in [3.05, 3.63) is 52.3 Å². The van der Waals surface area contributed by atoms with Gasteiger partial charge in [-0.1, -0.05) is 0 Å². The van der Waals surface area contributed by atoms with E-state index in [1.165, 1.54) is 16.7 Å². The molecule has 0 aliphatic carbocycles. The molecule has 19 heavy (non-hydrogen) atoms. The van der Waals surface area contributed by atoms with E-state index >= 15 is 0 Å². The third-order valence-corrected chi connectivity index (χ3v) is 3.90. The van der Waals surface area contributed by atoms with Crippen LogP contribution in [-0.4, -0.2) is 10.9 Å². The van der Waals surface area contributed by atoms with Crippen LogP contribution in [0.1, 0.15) is 15.2 Å². The molecule has 2 heterocycles. The van der Waals surface area contributed by atoms with Gasteiger partial charge in [0, 0.05) is 39.6 Å². The number of nitrogens with two attached hydrogens (primary N) is 1. The first-order valence-electron chi connectivity index (χ1n) is 5.90. The van der Waals surface area contributed by atoms with Crippen LogP contribution >= 0.6 is 11.3 Å². The number of benzene rings is 1. The molecule has 4 N–H and O–H groups in total. The molecule has 0 atom stereocenters. The van der Waals surface area contributed by atoms with Gasteiger partial charge in [0.15, 0.2) is 0 Å². The molecule has 0 saturated heterocycles. The maximum Gasteiger partial charge on any atom is 0.249 e. The third kappa shape index (κ3) is 2.46. The molecule has 3 rings (SSSR count). The summed E-state index contributed by atoms with van der Waals surface area (Å²) in [5.41, 5.74) is 7.98. The number of nitrogens with one attached hydrogen (secondary N) is 2. The Bertz CT molecular complexity index is 729. The molecule has 0 radical (unpaired) electrons. The van der Waals surface area contributed by atoms with Crippen LogP contribution in [-0.2, 0) is 6.54 Å². The summed E-state index contributed by atoms with van der Waals surface area (Å²) in [5.74, 6) is -0.378. The van der Waals surface area contributed by atoms with Gasteiger partial charge in [0.25, 0.3) is 0 Å². The fourth-order valence-electron chi connectivity index (χ4n) is 1.95. The fraction of sp³-hybridized carbons (Fsp3) is 0.0714. The maximum atomic E-state index is 11.0. The van der Waals surface area contributed by atoms with Crippen molar-refractivity contribution < 1.29 is 4.79 Å². The summed E-state index contributed by atoms with van der Waals surface area (Å²) in [6, 6.07) is 10.0. The number of carbonyl (C=O) groups excluding carboxylic acids is 1. The van der Waals surface area contributed by atoms with Crippen LogP contribution in [0.25, 0.3) is 10.9 Å². The van der Waals surface area contributed by atoms with Crippen LogP contribution in [0.2, 0.25) is 0 Å². The Morgan fingerprint density at radius 3 is 3.00 bits per heavy atom. The Morgan fingerprint density at radius 2 is 2.21 bits per heavy atom. The van der Waals surface area contributed by atoms with Crippen molar-refractivity contribution in [2.75, 3.05) is 5.32 Å². The van der Waals surface area contributed by atoms with E-state index in [4.69, 9.17) is 5.73 Å². The lowest BCUT2D eigenvalue weighted by Crippen LogP contribution is -2.09. The monoisotopic (exact) mass is 271 g/mol. The molecule has 5 heteroatoms. The van der Waals surface area contributed by atoms with Gasteiger partial charge in [-0.2, -0.15) is 0 Å².